The summed E-state index contributed by atoms with van der Waals surface area (Å²) in [7, 11) is 0. The molecule has 0 aromatic heterocycles. The zero-order valence-electron chi connectivity index (χ0n) is 16.3. The molecule has 1 saturated carbocycles. The summed E-state index contributed by atoms with van der Waals surface area (Å²) in [6, 6.07) is 12.9. The Labute approximate surface area is 175 Å². The van der Waals surface area contributed by atoms with E-state index in [1.165, 1.54) is 4.90 Å². The molecule has 1 N–H and O–H groups in total. The third kappa shape index (κ3) is 3.67. The number of imide groups is 1. The molecule has 1 aliphatic heterocycles. The molecule has 0 atom stereocenters. The number of hydrogen-bond acceptors (Lipinski definition) is 3. The van der Waals surface area contributed by atoms with E-state index in [1.807, 2.05) is 37.3 Å². The Kier molecular flexibility index (Phi) is 5.17. The van der Waals surface area contributed by atoms with E-state index in [0.717, 1.165) is 30.4 Å². The summed E-state index contributed by atoms with van der Waals surface area (Å²) in [6.07, 6.45) is 3.57. The van der Waals surface area contributed by atoms with Gasteiger partial charge in [-0.25, -0.2) is 0 Å². The Balaban J connectivity index is 1.34. The van der Waals surface area contributed by atoms with Crippen LogP contribution in [0.3, 0.4) is 0 Å². The van der Waals surface area contributed by atoms with E-state index in [4.69, 9.17) is 11.6 Å². The standard InChI is InChI=1S/C23H23ClN2O3/c1-15-5-10-18-19(14-15)22(29)26(21(18)28)13-2-4-20(27)25-23(11-3-12-23)16-6-8-17(24)9-7-16/h5-10,14H,2-4,11-13H2,1H3,(H,25,27). The van der Waals surface area contributed by atoms with Crippen LogP contribution < -0.4 is 5.32 Å². The normalized spacial score (nSPS) is 17.1. The number of amides is 3. The first-order valence-electron chi connectivity index (χ1n) is 9.93. The first-order valence-corrected chi connectivity index (χ1v) is 10.3. The summed E-state index contributed by atoms with van der Waals surface area (Å²) in [5.41, 5.74) is 2.59. The van der Waals surface area contributed by atoms with Crippen LogP contribution in [0.25, 0.3) is 0 Å². The van der Waals surface area contributed by atoms with Gasteiger partial charge < -0.3 is 5.32 Å². The number of nitrogens with one attached hydrogen (secondary N) is 1. The van der Waals surface area contributed by atoms with Crippen LogP contribution in [0.4, 0.5) is 0 Å². The minimum absolute atomic E-state index is 0.0629. The third-order valence-electron chi connectivity index (χ3n) is 5.89. The molecule has 6 heteroatoms. The number of fused-ring (bicyclic) bond motifs is 1. The number of carbonyl (C=O) groups excluding carboxylic acids is 3. The maximum absolute atomic E-state index is 12.6. The van der Waals surface area contributed by atoms with Crippen molar-refractivity contribution >= 4 is 29.3 Å². The summed E-state index contributed by atoms with van der Waals surface area (Å²) in [4.78, 5) is 38.8. The van der Waals surface area contributed by atoms with E-state index in [9.17, 15) is 14.4 Å². The fourth-order valence-electron chi connectivity index (χ4n) is 4.12. The lowest BCUT2D eigenvalue weighted by Crippen LogP contribution is -2.50. The Morgan fingerprint density at radius 2 is 1.76 bits per heavy atom. The highest BCUT2D eigenvalue weighted by molar-refractivity contribution is 6.30. The lowest BCUT2D eigenvalue weighted by molar-refractivity contribution is -0.124. The Hall–Kier alpha value is -2.66. The Bertz CT molecular complexity index is 980. The van der Waals surface area contributed by atoms with Gasteiger partial charge in [-0.3, -0.25) is 19.3 Å². The van der Waals surface area contributed by atoms with Crippen LogP contribution in [0.1, 0.15) is 63.9 Å². The van der Waals surface area contributed by atoms with E-state index in [2.05, 4.69) is 5.32 Å². The summed E-state index contributed by atoms with van der Waals surface area (Å²) >= 11 is 5.98. The van der Waals surface area contributed by atoms with Crippen LogP contribution >= 0.6 is 11.6 Å². The summed E-state index contributed by atoms with van der Waals surface area (Å²) in [6.45, 7) is 2.13. The molecule has 0 radical (unpaired) electrons. The fourth-order valence-corrected chi connectivity index (χ4v) is 4.25. The Morgan fingerprint density at radius 1 is 1.07 bits per heavy atom. The highest BCUT2D eigenvalue weighted by Gasteiger charge is 2.40. The van der Waals surface area contributed by atoms with Crippen molar-refractivity contribution < 1.29 is 14.4 Å². The molecular weight excluding hydrogens is 388 g/mol. The van der Waals surface area contributed by atoms with Crippen molar-refractivity contribution in [1.29, 1.82) is 0 Å². The highest BCUT2D eigenvalue weighted by Crippen LogP contribution is 2.41. The molecule has 1 aliphatic carbocycles. The van der Waals surface area contributed by atoms with Gasteiger partial charge in [-0.2, -0.15) is 0 Å². The molecule has 1 heterocycles. The Morgan fingerprint density at radius 3 is 2.41 bits per heavy atom. The molecule has 2 aromatic rings. The quantitative estimate of drug-likeness (QED) is 0.725. The SMILES string of the molecule is Cc1ccc2c(c1)C(=O)N(CCCC(=O)NC1(c3ccc(Cl)cc3)CCC1)C2=O. The molecule has 0 spiro atoms. The first-order chi connectivity index (χ1) is 13.9. The molecule has 3 amide bonds. The summed E-state index contributed by atoms with van der Waals surface area (Å²) in [5, 5.41) is 3.84. The van der Waals surface area contributed by atoms with Crippen LogP contribution in [-0.4, -0.2) is 29.2 Å². The maximum atomic E-state index is 12.6. The van der Waals surface area contributed by atoms with Crippen molar-refractivity contribution in [3.63, 3.8) is 0 Å². The zero-order valence-corrected chi connectivity index (χ0v) is 17.1. The molecule has 4 rings (SSSR count). The third-order valence-corrected chi connectivity index (χ3v) is 6.15. The molecule has 0 bridgehead atoms. The lowest BCUT2D eigenvalue weighted by Gasteiger charge is -2.43. The van der Waals surface area contributed by atoms with Crippen molar-refractivity contribution in [2.75, 3.05) is 6.54 Å². The number of carbonyl (C=O) groups is 3. The van der Waals surface area contributed by atoms with Gasteiger partial charge in [0.15, 0.2) is 0 Å². The minimum atomic E-state index is -0.325. The van der Waals surface area contributed by atoms with Gasteiger partial charge in [0, 0.05) is 18.0 Å². The number of benzene rings is 2. The largest absolute Gasteiger partial charge is 0.347 e. The molecular formula is C23H23ClN2O3. The molecule has 150 valence electrons. The average molecular weight is 411 g/mol. The van der Waals surface area contributed by atoms with E-state index in [0.29, 0.717) is 22.6 Å². The monoisotopic (exact) mass is 410 g/mol. The van der Waals surface area contributed by atoms with Crippen molar-refractivity contribution in [2.45, 2.75) is 44.6 Å². The number of hydrogen-bond donors (Lipinski definition) is 1. The smallest absolute Gasteiger partial charge is 0.261 e. The first kappa shape index (κ1) is 19.6. The predicted octanol–water partition coefficient (Wildman–Crippen LogP) is 4.22. The van der Waals surface area contributed by atoms with Gasteiger partial charge in [-0.05, 0) is 62.4 Å². The lowest BCUT2D eigenvalue weighted by atomic mass is 9.71. The van der Waals surface area contributed by atoms with Gasteiger partial charge in [0.25, 0.3) is 11.8 Å². The van der Waals surface area contributed by atoms with E-state index in [-0.39, 0.29) is 36.2 Å². The van der Waals surface area contributed by atoms with Gasteiger partial charge in [0.2, 0.25) is 5.91 Å². The number of halogens is 1. The minimum Gasteiger partial charge on any atom is -0.347 e. The highest BCUT2D eigenvalue weighted by atomic mass is 35.5. The molecule has 2 aliphatic rings. The summed E-state index contributed by atoms with van der Waals surface area (Å²) < 4.78 is 0. The fraction of sp³-hybridized carbons (Fsp3) is 0.348. The van der Waals surface area contributed by atoms with Crippen LogP contribution in [0.5, 0.6) is 0 Å². The maximum Gasteiger partial charge on any atom is 0.261 e. The van der Waals surface area contributed by atoms with Crippen molar-refractivity contribution in [3.05, 3.63) is 69.7 Å². The van der Waals surface area contributed by atoms with Gasteiger partial charge in [-0.1, -0.05) is 35.4 Å². The zero-order chi connectivity index (χ0) is 20.6. The van der Waals surface area contributed by atoms with Crippen LogP contribution in [-0.2, 0) is 10.3 Å². The molecule has 0 saturated heterocycles. The van der Waals surface area contributed by atoms with Crippen LogP contribution in [0.2, 0.25) is 5.02 Å². The van der Waals surface area contributed by atoms with Crippen molar-refractivity contribution in [3.8, 4) is 0 Å². The molecule has 5 nitrogen and oxygen atoms in total. The van der Waals surface area contributed by atoms with Crippen LogP contribution in [0, 0.1) is 6.92 Å². The predicted molar refractivity (Wildman–Crippen MR) is 111 cm³/mol. The van der Waals surface area contributed by atoms with Gasteiger partial charge in [0.05, 0.1) is 16.7 Å². The number of nitrogens with zero attached hydrogens (tertiary/aromatic N) is 1. The van der Waals surface area contributed by atoms with E-state index >= 15 is 0 Å². The summed E-state index contributed by atoms with van der Waals surface area (Å²) in [5.74, 6) is -0.611. The second kappa shape index (κ2) is 7.64. The van der Waals surface area contributed by atoms with Crippen molar-refractivity contribution in [2.24, 2.45) is 0 Å². The second-order valence-corrected chi connectivity index (χ2v) is 8.34. The second-order valence-electron chi connectivity index (χ2n) is 7.91. The van der Waals surface area contributed by atoms with Gasteiger partial charge in [0.1, 0.15) is 0 Å². The topological polar surface area (TPSA) is 66.5 Å². The van der Waals surface area contributed by atoms with Crippen LogP contribution in [0.15, 0.2) is 42.5 Å². The van der Waals surface area contributed by atoms with Gasteiger partial charge >= 0.3 is 0 Å². The molecule has 0 unspecified atom stereocenters. The van der Waals surface area contributed by atoms with E-state index in [1.54, 1.807) is 12.1 Å². The van der Waals surface area contributed by atoms with Gasteiger partial charge in [-0.15, -0.1) is 0 Å². The molecule has 29 heavy (non-hydrogen) atoms. The molecule has 2 aromatic carbocycles. The average Bonchev–Trinajstić information content (AvgIpc) is 2.90. The number of rotatable bonds is 6. The molecule has 1 fully saturated rings. The van der Waals surface area contributed by atoms with Crippen molar-refractivity contribution in [1.82, 2.24) is 10.2 Å². The van der Waals surface area contributed by atoms with E-state index < -0.39 is 0 Å². The number of aryl methyl sites for hydroxylation is 1.